The highest BCUT2D eigenvalue weighted by Crippen LogP contribution is 2.45. The second-order valence-corrected chi connectivity index (χ2v) is 5.99. The van der Waals surface area contributed by atoms with E-state index in [9.17, 15) is 18.4 Å². The van der Waals surface area contributed by atoms with E-state index in [1.165, 1.54) is 6.07 Å². The van der Waals surface area contributed by atoms with Crippen LogP contribution in [0.5, 0.6) is 0 Å². The molecular formula is C19H15F2N3O2. The lowest BCUT2D eigenvalue weighted by Crippen LogP contribution is -2.27. The Hall–Kier alpha value is -3.22. The molecule has 0 aliphatic carbocycles. The average molecular weight is 355 g/mol. The van der Waals surface area contributed by atoms with E-state index in [1.54, 1.807) is 4.90 Å². The number of halogens is 2. The number of anilines is 3. The van der Waals surface area contributed by atoms with E-state index < -0.39 is 23.2 Å². The number of carbonyl (C=O) groups excluding carboxylic acids is 2. The van der Waals surface area contributed by atoms with E-state index in [4.69, 9.17) is 0 Å². The largest absolute Gasteiger partial charge is 0.325 e. The summed E-state index contributed by atoms with van der Waals surface area (Å²) in [6, 6.07) is 10.8. The minimum absolute atomic E-state index is 0.0192. The van der Waals surface area contributed by atoms with E-state index in [2.05, 4.69) is 5.32 Å². The number of rotatable bonds is 3. The number of amides is 1. The number of Topliss-reactive ketones (excluding diaryl/α,β-unsaturated/α-hetero) is 1. The molecule has 0 saturated heterocycles. The number of para-hydroxylation sites is 3. The molecule has 0 atom stereocenters. The van der Waals surface area contributed by atoms with Gasteiger partial charge in [-0.2, -0.15) is 0 Å². The molecular weight excluding hydrogens is 340 g/mol. The fourth-order valence-electron chi connectivity index (χ4n) is 3.41. The molecule has 0 aromatic heterocycles. The highest BCUT2D eigenvalue weighted by molar-refractivity contribution is 6.28. The molecule has 2 aromatic carbocycles. The molecule has 0 radical (unpaired) electrons. The Bertz CT molecular complexity index is 951. The molecule has 2 aliphatic rings. The molecule has 5 nitrogen and oxygen atoms in total. The maximum absolute atomic E-state index is 13.8. The third kappa shape index (κ3) is 2.28. The van der Waals surface area contributed by atoms with Gasteiger partial charge in [-0.15, -0.1) is 0 Å². The summed E-state index contributed by atoms with van der Waals surface area (Å²) in [6.07, 6.45) is 0. The van der Waals surface area contributed by atoms with Gasteiger partial charge in [0.25, 0.3) is 5.91 Å². The van der Waals surface area contributed by atoms with Crippen molar-refractivity contribution in [1.82, 2.24) is 0 Å². The minimum Gasteiger partial charge on any atom is -0.325 e. The Morgan fingerprint density at radius 2 is 1.73 bits per heavy atom. The zero-order chi connectivity index (χ0) is 18.4. The monoisotopic (exact) mass is 355 g/mol. The highest BCUT2D eigenvalue weighted by atomic mass is 19.1. The Kier molecular flexibility index (Phi) is 3.72. The number of nitrogens with one attached hydrogen (secondary N) is 1. The predicted molar refractivity (Wildman–Crippen MR) is 93.8 cm³/mol. The van der Waals surface area contributed by atoms with E-state index >= 15 is 0 Å². The lowest BCUT2D eigenvalue weighted by atomic mass is 10.1. The Balaban J connectivity index is 1.77. The minimum atomic E-state index is -0.895. The first-order chi connectivity index (χ1) is 12.5. The van der Waals surface area contributed by atoms with Crippen molar-refractivity contribution in [2.75, 3.05) is 28.2 Å². The molecule has 0 saturated carbocycles. The quantitative estimate of drug-likeness (QED) is 0.860. The number of ketones is 1. The summed E-state index contributed by atoms with van der Waals surface area (Å²) >= 11 is 0. The molecule has 132 valence electrons. The number of fused-ring (bicyclic) bond motifs is 3. The van der Waals surface area contributed by atoms with Crippen LogP contribution in [0.4, 0.5) is 25.8 Å². The molecule has 0 unspecified atom stereocenters. The molecule has 2 aliphatic heterocycles. The van der Waals surface area contributed by atoms with Crippen molar-refractivity contribution < 1.29 is 18.4 Å². The molecule has 7 heteroatoms. The van der Waals surface area contributed by atoms with Gasteiger partial charge in [0.15, 0.2) is 5.78 Å². The van der Waals surface area contributed by atoms with E-state index in [-0.39, 0.29) is 17.9 Å². The summed E-state index contributed by atoms with van der Waals surface area (Å²) in [6.45, 7) is 2.47. The lowest BCUT2D eigenvalue weighted by molar-refractivity contribution is -0.118. The maximum Gasteiger partial charge on any atom is 0.263 e. The van der Waals surface area contributed by atoms with Gasteiger partial charge in [-0.25, -0.2) is 8.78 Å². The fraction of sp³-hybridized carbons (Fsp3) is 0.158. The second-order valence-electron chi connectivity index (χ2n) is 5.99. The summed E-state index contributed by atoms with van der Waals surface area (Å²) in [5.41, 5.74) is 1.07. The molecule has 0 fully saturated rings. The van der Waals surface area contributed by atoms with Crippen molar-refractivity contribution in [2.45, 2.75) is 6.92 Å². The Morgan fingerprint density at radius 1 is 1.08 bits per heavy atom. The SMILES string of the molecule is CCN1C2=C(C(=O)Nc3c(F)cccc3F)C(=O)CN2c2ccccc21. The van der Waals surface area contributed by atoms with Crippen LogP contribution in [0.3, 0.4) is 0 Å². The summed E-state index contributed by atoms with van der Waals surface area (Å²) in [4.78, 5) is 28.8. The van der Waals surface area contributed by atoms with Crippen LogP contribution < -0.4 is 15.1 Å². The number of nitrogens with zero attached hydrogens (tertiary/aromatic N) is 2. The van der Waals surface area contributed by atoms with Crippen molar-refractivity contribution >= 4 is 28.8 Å². The molecule has 0 bridgehead atoms. The Labute approximate surface area is 148 Å². The maximum atomic E-state index is 13.8. The molecule has 26 heavy (non-hydrogen) atoms. The van der Waals surface area contributed by atoms with Crippen molar-refractivity contribution in [3.8, 4) is 0 Å². The van der Waals surface area contributed by atoms with Crippen LogP contribution in [0, 0.1) is 11.6 Å². The van der Waals surface area contributed by atoms with Crippen LogP contribution in [0.15, 0.2) is 53.9 Å². The van der Waals surface area contributed by atoms with Crippen LogP contribution in [-0.4, -0.2) is 24.8 Å². The summed E-state index contributed by atoms with van der Waals surface area (Å²) in [5.74, 6) is -2.54. The first kappa shape index (κ1) is 16.3. The van der Waals surface area contributed by atoms with Crippen molar-refractivity contribution in [3.63, 3.8) is 0 Å². The van der Waals surface area contributed by atoms with E-state index in [0.717, 1.165) is 23.5 Å². The van der Waals surface area contributed by atoms with Crippen molar-refractivity contribution in [1.29, 1.82) is 0 Å². The van der Waals surface area contributed by atoms with Gasteiger partial charge < -0.3 is 15.1 Å². The molecule has 2 heterocycles. The number of benzene rings is 2. The van der Waals surface area contributed by atoms with Gasteiger partial charge in [-0.05, 0) is 31.2 Å². The van der Waals surface area contributed by atoms with Gasteiger partial charge in [0, 0.05) is 6.54 Å². The first-order valence-electron chi connectivity index (χ1n) is 8.20. The highest BCUT2D eigenvalue weighted by Gasteiger charge is 2.43. The van der Waals surface area contributed by atoms with Crippen LogP contribution in [0.25, 0.3) is 0 Å². The van der Waals surface area contributed by atoms with Gasteiger partial charge in [-0.3, -0.25) is 9.59 Å². The van der Waals surface area contributed by atoms with E-state index in [0.29, 0.717) is 12.4 Å². The molecule has 1 N–H and O–H groups in total. The zero-order valence-electron chi connectivity index (χ0n) is 13.9. The van der Waals surface area contributed by atoms with Crippen LogP contribution in [0.1, 0.15) is 6.92 Å². The number of hydrogen-bond donors (Lipinski definition) is 1. The first-order valence-corrected chi connectivity index (χ1v) is 8.20. The van der Waals surface area contributed by atoms with Gasteiger partial charge in [0.1, 0.15) is 28.7 Å². The average Bonchev–Trinajstić information content (AvgIpc) is 3.11. The number of carbonyl (C=O) groups is 2. The van der Waals surface area contributed by atoms with Crippen LogP contribution in [-0.2, 0) is 9.59 Å². The summed E-state index contributed by atoms with van der Waals surface area (Å²) in [7, 11) is 0. The third-order valence-electron chi connectivity index (χ3n) is 4.52. The topological polar surface area (TPSA) is 52.7 Å². The molecule has 1 amide bonds. The lowest BCUT2D eigenvalue weighted by Gasteiger charge is -2.20. The smallest absolute Gasteiger partial charge is 0.263 e. The van der Waals surface area contributed by atoms with Gasteiger partial charge >= 0.3 is 0 Å². The fourth-order valence-corrected chi connectivity index (χ4v) is 3.41. The third-order valence-corrected chi connectivity index (χ3v) is 4.52. The molecule has 0 spiro atoms. The standard InChI is InChI=1S/C19H15F2N3O2/c1-2-23-13-8-3-4-9-14(13)24-10-15(25)16(19(23)24)18(26)22-17-11(20)6-5-7-12(17)21/h3-9H,2,10H2,1H3,(H,22,26). The summed E-state index contributed by atoms with van der Waals surface area (Å²) in [5, 5.41) is 2.21. The molecule has 4 rings (SSSR count). The van der Waals surface area contributed by atoms with Gasteiger partial charge in [0.05, 0.1) is 17.9 Å². The van der Waals surface area contributed by atoms with Crippen LogP contribution in [0.2, 0.25) is 0 Å². The van der Waals surface area contributed by atoms with Gasteiger partial charge in [-0.1, -0.05) is 18.2 Å². The normalized spacial score (nSPS) is 15.4. The predicted octanol–water partition coefficient (Wildman–Crippen LogP) is 3.04. The van der Waals surface area contributed by atoms with Crippen molar-refractivity contribution in [3.05, 3.63) is 65.5 Å². The van der Waals surface area contributed by atoms with Crippen LogP contribution >= 0.6 is 0 Å². The Morgan fingerprint density at radius 3 is 2.38 bits per heavy atom. The number of hydrogen-bond acceptors (Lipinski definition) is 4. The molecule has 2 aromatic rings. The van der Waals surface area contributed by atoms with Gasteiger partial charge in [0.2, 0.25) is 0 Å². The second kappa shape index (κ2) is 5.94. The van der Waals surface area contributed by atoms with E-state index in [1.807, 2.05) is 36.1 Å². The summed E-state index contributed by atoms with van der Waals surface area (Å²) < 4.78 is 27.7. The van der Waals surface area contributed by atoms with Crippen molar-refractivity contribution in [2.24, 2.45) is 0 Å². The zero-order valence-corrected chi connectivity index (χ0v) is 13.9.